The molecule has 1 aromatic rings. The van der Waals surface area contributed by atoms with Gasteiger partial charge in [0.25, 0.3) is 0 Å². The lowest BCUT2D eigenvalue weighted by Crippen LogP contribution is -2.65. The molecule has 2 N–H and O–H groups in total. The van der Waals surface area contributed by atoms with Crippen LogP contribution in [0.5, 0.6) is 0 Å². The minimum atomic E-state index is -0.905. The molecular formula is C38H54O5. The highest BCUT2D eigenvalue weighted by molar-refractivity contribution is 5.87. The van der Waals surface area contributed by atoms with Gasteiger partial charge in [0.15, 0.2) is 0 Å². The van der Waals surface area contributed by atoms with E-state index in [4.69, 9.17) is 4.74 Å². The summed E-state index contributed by atoms with van der Waals surface area (Å²) in [4.78, 5) is 24.4. The van der Waals surface area contributed by atoms with Crippen LogP contribution in [0.3, 0.4) is 0 Å². The summed E-state index contributed by atoms with van der Waals surface area (Å²) in [6.07, 6.45) is 12.8. The fourth-order valence-electron chi connectivity index (χ4n) is 11.9. The van der Waals surface area contributed by atoms with Crippen molar-refractivity contribution >= 4 is 11.9 Å². The highest BCUT2D eigenvalue weighted by Crippen LogP contribution is 2.75. The third kappa shape index (κ3) is 4.41. The summed E-state index contributed by atoms with van der Waals surface area (Å²) in [5.74, 6) is -0.215. The number of hydrogen-bond donors (Lipinski definition) is 2. The molecule has 0 amide bonds. The zero-order chi connectivity index (χ0) is 31.2. The van der Waals surface area contributed by atoms with E-state index in [1.54, 1.807) is 18.2 Å². The third-order valence-electron chi connectivity index (χ3n) is 14.6. The van der Waals surface area contributed by atoms with Gasteiger partial charge in [0.05, 0.1) is 23.7 Å². The zero-order valence-electron chi connectivity index (χ0n) is 27.6. The monoisotopic (exact) mass is 590 g/mol. The standard InChI is InChI=1S/C38H54O5/c1-33(2)17-19-38(32(41)42)20-18-36(6)26(27(38)22-33)11-12-29-35(5)15-14-30(34(3,4)28(35)13-16-37(29,36)7)43-23-24-9-8-10-25(21-24)31(39)40/h8-11,21,27-30H,12-20,22-23H2,1-7H3,(H,39,40)(H,41,42)/t27-,28-,29+,30-,35-,36+,37+,38-/m0/s1. The van der Waals surface area contributed by atoms with Crippen molar-refractivity contribution in [3.8, 4) is 0 Å². The molecule has 0 saturated heterocycles. The van der Waals surface area contributed by atoms with Gasteiger partial charge in [0.2, 0.25) is 0 Å². The number of allylic oxidation sites excluding steroid dienone is 2. The van der Waals surface area contributed by atoms with Crippen LogP contribution >= 0.6 is 0 Å². The van der Waals surface area contributed by atoms with Crippen molar-refractivity contribution in [2.75, 3.05) is 0 Å². The lowest BCUT2D eigenvalue weighted by molar-refractivity contribution is -0.214. The van der Waals surface area contributed by atoms with E-state index in [0.717, 1.165) is 56.9 Å². The van der Waals surface area contributed by atoms with Crippen molar-refractivity contribution in [3.05, 3.63) is 47.0 Å². The molecule has 4 saturated carbocycles. The normalized spacial score (nSPS) is 42.8. The van der Waals surface area contributed by atoms with E-state index in [2.05, 4.69) is 54.5 Å². The summed E-state index contributed by atoms with van der Waals surface area (Å²) in [6.45, 7) is 17.6. The SMILES string of the molecule is CC1(C)CC[C@]2(C(=O)O)CC[C@]3(C)C(=CC[C@@H]4[C@@]5(C)CC[C@H](OCc6cccc(C(=O)O)c6)C(C)(C)[C@@H]5CC[C@]43C)[C@@H]2C1. The second-order valence-electron chi connectivity index (χ2n) is 17.3. The predicted octanol–water partition coefficient (Wildman–Crippen LogP) is 9.16. The Morgan fingerprint density at radius 3 is 2.30 bits per heavy atom. The van der Waals surface area contributed by atoms with Gasteiger partial charge in [0, 0.05) is 0 Å². The van der Waals surface area contributed by atoms with Gasteiger partial charge in [-0.05, 0) is 127 Å². The van der Waals surface area contributed by atoms with Gasteiger partial charge in [0.1, 0.15) is 0 Å². The molecule has 236 valence electrons. The van der Waals surface area contributed by atoms with Crippen LogP contribution in [0.15, 0.2) is 35.9 Å². The topological polar surface area (TPSA) is 83.8 Å². The molecule has 6 rings (SSSR count). The van der Waals surface area contributed by atoms with Gasteiger partial charge >= 0.3 is 11.9 Å². The molecule has 5 heteroatoms. The minimum Gasteiger partial charge on any atom is -0.481 e. The second-order valence-corrected chi connectivity index (χ2v) is 17.3. The smallest absolute Gasteiger partial charge is 0.335 e. The number of hydrogen-bond acceptors (Lipinski definition) is 3. The highest BCUT2D eigenvalue weighted by atomic mass is 16.5. The first kappa shape index (κ1) is 30.9. The summed E-state index contributed by atoms with van der Waals surface area (Å²) in [5.41, 5.74) is 2.69. The fourth-order valence-corrected chi connectivity index (χ4v) is 11.9. The molecule has 43 heavy (non-hydrogen) atoms. The first-order chi connectivity index (χ1) is 20.0. The molecule has 5 nitrogen and oxygen atoms in total. The minimum absolute atomic E-state index is 0.00204. The first-order valence-corrected chi connectivity index (χ1v) is 16.9. The maximum atomic E-state index is 12.9. The number of ether oxygens (including phenoxy) is 1. The number of carboxylic acid groups (broad SMARTS) is 2. The van der Waals surface area contributed by atoms with Crippen LogP contribution in [0.25, 0.3) is 0 Å². The van der Waals surface area contributed by atoms with Gasteiger partial charge in [-0.3, -0.25) is 4.79 Å². The number of carboxylic acids is 2. The molecule has 8 atom stereocenters. The van der Waals surface area contributed by atoms with Gasteiger partial charge < -0.3 is 14.9 Å². The van der Waals surface area contributed by atoms with Crippen LogP contribution in [-0.2, 0) is 16.1 Å². The van der Waals surface area contributed by atoms with Crippen molar-refractivity contribution in [1.29, 1.82) is 0 Å². The molecule has 0 aliphatic heterocycles. The van der Waals surface area contributed by atoms with Gasteiger partial charge in [-0.2, -0.15) is 0 Å². The first-order valence-electron chi connectivity index (χ1n) is 16.9. The van der Waals surface area contributed by atoms with E-state index in [1.165, 1.54) is 18.4 Å². The predicted molar refractivity (Wildman–Crippen MR) is 169 cm³/mol. The van der Waals surface area contributed by atoms with Crippen LogP contribution in [0, 0.1) is 50.2 Å². The molecule has 0 heterocycles. The number of aliphatic carboxylic acids is 1. The van der Waals surface area contributed by atoms with Crippen LogP contribution in [0.1, 0.15) is 129 Å². The third-order valence-corrected chi connectivity index (χ3v) is 14.6. The zero-order valence-corrected chi connectivity index (χ0v) is 27.6. The quantitative estimate of drug-likeness (QED) is 0.334. The summed E-state index contributed by atoms with van der Waals surface area (Å²) in [5, 5.41) is 20.1. The average molecular weight is 591 g/mol. The number of carbonyl (C=O) groups is 2. The Morgan fingerprint density at radius 1 is 0.884 bits per heavy atom. The Morgan fingerprint density at radius 2 is 1.60 bits per heavy atom. The van der Waals surface area contributed by atoms with Gasteiger partial charge in [-0.25, -0.2) is 4.79 Å². The Bertz CT molecular complexity index is 1340. The summed E-state index contributed by atoms with van der Waals surface area (Å²) < 4.78 is 6.63. The van der Waals surface area contributed by atoms with Gasteiger partial charge in [-0.15, -0.1) is 0 Å². The maximum Gasteiger partial charge on any atom is 0.335 e. The molecule has 0 spiro atoms. The van der Waals surface area contributed by atoms with E-state index in [9.17, 15) is 19.8 Å². The van der Waals surface area contributed by atoms with E-state index >= 15 is 0 Å². The van der Waals surface area contributed by atoms with Crippen molar-refractivity contribution in [1.82, 2.24) is 0 Å². The van der Waals surface area contributed by atoms with Crippen molar-refractivity contribution < 1.29 is 24.5 Å². The van der Waals surface area contributed by atoms with Crippen LogP contribution in [0.4, 0.5) is 0 Å². The van der Waals surface area contributed by atoms with Crippen molar-refractivity contribution in [2.24, 2.45) is 50.2 Å². The summed E-state index contributed by atoms with van der Waals surface area (Å²) in [6, 6.07) is 7.13. The number of rotatable bonds is 5. The van der Waals surface area contributed by atoms with Gasteiger partial charge in [-0.1, -0.05) is 72.2 Å². The van der Waals surface area contributed by atoms with Crippen molar-refractivity contribution in [3.63, 3.8) is 0 Å². The Balaban J connectivity index is 1.28. The Hall–Kier alpha value is -2.14. The number of aromatic carboxylic acids is 1. The maximum absolute atomic E-state index is 12.9. The number of fused-ring (bicyclic) bond motifs is 7. The summed E-state index contributed by atoms with van der Waals surface area (Å²) in [7, 11) is 0. The van der Waals surface area contributed by atoms with Crippen LogP contribution in [0.2, 0.25) is 0 Å². The van der Waals surface area contributed by atoms with Crippen molar-refractivity contribution in [2.45, 2.75) is 125 Å². The molecule has 0 unspecified atom stereocenters. The van der Waals surface area contributed by atoms with E-state index in [1.807, 2.05) is 6.07 Å². The van der Waals surface area contributed by atoms with Crippen LogP contribution in [-0.4, -0.2) is 28.3 Å². The molecule has 4 fully saturated rings. The molecular weight excluding hydrogens is 536 g/mol. The summed E-state index contributed by atoms with van der Waals surface area (Å²) >= 11 is 0. The van der Waals surface area contributed by atoms with E-state index in [-0.39, 0.29) is 39.1 Å². The largest absolute Gasteiger partial charge is 0.481 e. The Labute approximate surface area is 258 Å². The van der Waals surface area contributed by atoms with E-state index in [0.29, 0.717) is 24.0 Å². The lowest BCUT2D eigenvalue weighted by Gasteiger charge is -2.71. The molecule has 0 radical (unpaired) electrons. The molecule has 5 aliphatic carbocycles. The average Bonchev–Trinajstić information content (AvgIpc) is 2.92. The lowest BCUT2D eigenvalue weighted by atomic mass is 9.33. The molecule has 5 aliphatic rings. The second kappa shape index (κ2) is 9.93. The Kier molecular flexibility index (Phi) is 7.13. The van der Waals surface area contributed by atoms with E-state index < -0.39 is 17.4 Å². The highest BCUT2D eigenvalue weighted by Gasteiger charge is 2.69. The molecule has 1 aromatic carbocycles. The molecule has 0 aromatic heterocycles. The van der Waals surface area contributed by atoms with Crippen LogP contribution < -0.4 is 0 Å². The fraction of sp³-hybridized carbons (Fsp3) is 0.737. The molecule has 0 bridgehead atoms. The number of benzene rings is 1.